The molecule has 0 atom stereocenters. The Morgan fingerprint density at radius 1 is 1.00 bits per heavy atom. The first-order valence-corrected chi connectivity index (χ1v) is 9.17. The van der Waals surface area contributed by atoms with Gasteiger partial charge in [-0.2, -0.15) is 0 Å². The van der Waals surface area contributed by atoms with Crippen molar-refractivity contribution in [3.63, 3.8) is 0 Å². The molecule has 2 aliphatic heterocycles. The van der Waals surface area contributed by atoms with E-state index in [1.807, 2.05) is 4.90 Å². The van der Waals surface area contributed by atoms with Gasteiger partial charge in [-0.15, -0.1) is 12.4 Å². The summed E-state index contributed by atoms with van der Waals surface area (Å²) in [6.07, 6.45) is 3.90. The third-order valence-electron chi connectivity index (χ3n) is 5.24. The van der Waals surface area contributed by atoms with Crippen molar-refractivity contribution in [2.45, 2.75) is 25.7 Å². The second-order valence-corrected chi connectivity index (χ2v) is 6.91. The summed E-state index contributed by atoms with van der Waals surface area (Å²) in [5.74, 6) is 0.418. The second kappa shape index (κ2) is 9.88. The Labute approximate surface area is 160 Å². The molecule has 26 heavy (non-hydrogen) atoms. The minimum absolute atomic E-state index is 0. The zero-order valence-corrected chi connectivity index (χ0v) is 15.8. The van der Waals surface area contributed by atoms with Gasteiger partial charge in [0.25, 0.3) is 5.91 Å². The van der Waals surface area contributed by atoms with Gasteiger partial charge < -0.3 is 15.1 Å². The van der Waals surface area contributed by atoms with Crippen LogP contribution in [0.5, 0.6) is 0 Å². The molecule has 0 radical (unpaired) electrons. The fourth-order valence-corrected chi connectivity index (χ4v) is 3.59. The molecule has 2 amide bonds. The summed E-state index contributed by atoms with van der Waals surface area (Å²) in [7, 11) is 0. The Hall–Kier alpha value is -1.66. The van der Waals surface area contributed by atoms with E-state index < -0.39 is 0 Å². The van der Waals surface area contributed by atoms with Crippen molar-refractivity contribution >= 4 is 24.2 Å². The highest BCUT2D eigenvalue weighted by Crippen LogP contribution is 2.19. The van der Waals surface area contributed by atoms with Crippen molar-refractivity contribution in [2.75, 3.05) is 39.3 Å². The third-order valence-corrected chi connectivity index (χ3v) is 5.24. The van der Waals surface area contributed by atoms with Crippen LogP contribution in [0.3, 0.4) is 0 Å². The van der Waals surface area contributed by atoms with E-state index in [9.17, 15) is 14.0 Å². The summed E-state index contributed by atoms with van der Waals surface area (Å²) >= 11 is 0. The predicted octanol–water partition coefficient (Wildman–Crippen LogP) is 2.31. The van der Waals surface area contributed by atoms with Crippen LogP contribution in [-0.2, 0) is 4.79 Å². The lowest BCUT2D eigenvalue weighted by Gasteiger charge is -2.35. The molecule has 1 N–H and O–H groups in total. The lowest BCUT2D eigenvalue weighted by atomic mass is 9.93. The van der Waals surface area contributed by atoms with Crippen molar-refractivity contribution < 1.29 is 14.0 Å². The van der Waals surface area contributed by atoms with Gasteiger partial charge in [-0.3, -0.25) is 9.59 Å². The second-order valence-electron chi connectivity index (χ2n) is 6.91. The van der Waals surface area contributed by atoms with Gasteiger partial charge in [-0.05, 0) is 62.5 Å². The van der Waals surface area contributed by atoms with E-state index in [0.29, 0.717) is 44.1 Å². The van der Waals surface area contributed by atoms with Gasteiger partial charge in [0.1, 0.15) is 5.82 Å². The van der Waals surface area contributed by atoms with Gasteiger partial charge >= 0.3 is 0 Å². The number of amides is 2. The number of carbonyl (C=O) groups excluding carboxylic acids is 2. The van der Waals surface area contributed by atoms with Crippen LogP contribution < -0.4 is 5.32 Å². The molecule has 1 aromatic rings. The number of nitrogens with one attached hydrogen (secondary N) is 1. The lowest BCUT2D eigenvalue weighted by molar-refractivity contribution is -0.133. The smallest absolute Gasteiger partial charge is 0.253 e. The van der Waals surface area contributed by atoms with Gasteiger partial charge in [-0.1, -0.05) is 0 Å². The maximum Gasteiger partial charge on any atom is 0.253 e. The van der Waals surface area contributed by atoms with E-state index in [2.05, 4.69) is 5.32 Å². The molecule has 3 rings (SSSR count). The zero-order valence-electron chi connectivity index (χ0n) is 15.0. The number of benzene rings is 1. The standard InChI is InChI=1S/C19H26FN3O2.ClH/c20-17-4-2-16(3-5-17)19(25)23-13-11-22(12-14-23)18(24)6-1-15-7-9-21-10-8-15;/h2-5,15,21H,1,6-14H2;1H. The van der Waals surface area contributed by atoms with Gasteiger partial charge in [0.05, 0.1) is 0 Å². The molecule has 2 heterocycles. The van der Waals surface area contributed by atoms with Crippen LogP contribution >= 0.6 is 12.4 Å². The van der Waals surface area contributed by atoms with E-state index in [0.717, 1.165) is 32.4 Å². The molecule has 7 heteroatoms. The molecule has 1 aromatic carbocycles. The maximum atomic E-state index is 13.0. The molecule has 0 spiro atoms. The SMILES string of the molecule is Cl.O=C(CCC1CCNCC1)N1CCN(C(=O)c2ccc(F)cc2)CC1. The Bertz CT molecular complexity index is 597. The lowest BCUT2D eigenvalue weighted by Crippen LogP contribution is -2.50. The van der Waals surface area contributed by atoms with Crippen LogP contribution in [0.2, 0.25) is 0 Å². The number of carbonyl (C=O) groups is 2. The van der Waals surface area contributed by atoms with E-state index in [1.165, 1.54) is 24.3 Å². The molecule has 0 aliphatic carbocycles. The first-order chi connectivity index (χ1) is 12.1. The Balaban J connectivity index is 0.00000243. The van der Waals surface area contributed by atoms with Crippen LogP contribution in [0.4, 0.5) is 4.39 Å². The summed E-state index contributed by atoms with van der Waals surface area (Å²) < 4.78 is 13.0. The zero-order chi connectivity index (χ0) is 17.6. The molecule has 2 aliphatic rings. The number of halogens is 2. The molecular formula is C19H27ClFN3O2. The number of piperazine rings is 1. The highest BCUT2D eigenvalue weighted by atomic mass is 35.5. The molecule has 0 bridgehead atoms. The van der Waals surface area contributed by atoms with E-state index in [4.69, 9.17) is 0 Å². The predicted molar refractivity (Wildman–Crippen MR) is 101 cm³/mol. The average Bonchev–Trinajstić information content (AvgIpc) is 2.67. The highest BCUT2D eigenvalue weighted by molar-refractivity contribution is 5.94. The minimum atomic E-state index is -0.347. The molecule has 144 valence electrons. The van der Waals surface area contributed by atoms with Gasteiger partial charge in [0, 0.05) is 38.2 Å². The summed E-state index contributed by atoms with van der Waals surface area (Å²) in [6, 6.07) is 5.62. The first kappa shape index (κ1) is 20.6. The summed E-state index contributed by atoms with van der Waals surface area (Å²) in [6.45, 7) is 4.35. The van der Waals surface area contributed by atoms with Crippen molar-refractivity contribution in [3.8, 4) is 0 Å². The molecular weight excluding hydrogens is 357 g/mol. The van der Waals surface area contributed by atoms with Gasteiger partial charge in [0.15, 0.2) is 0 Å². The molecule has 0 aromatic heterocycles. The summed E-state index contributed by atoms with van der Waals surface area (Å²) in [5, 5.41) is 3.34. The first-order valence-electron chi connectivity index (χ1n) is 9.17. The molecule has 2 saturated heterocycles. The van der Waals surface area contributed by atoms with E-state index in [1.54, 1.807) is 4.90 Å². The highest BCUT2D eigenvalue weighted by Gasteiger charge is 2.25. The summed E-state index contributed by atoms with van der Waals surface area (Å²) in [4.78, 5) is 28.4. The quantitative estimate of drug-likeness (QED) is 0.868. The molecule has 2 fully saturated rings. The normalized spacial score (nSPS) is 18.3. The van der Waals surface area contributed by atoms with E-state index >= 15 is 0 Å². The van der Waals surface area contributed by atoms with Gasteiger partial charge in [-0.25, -0.2) is 4.39 Å². The Morgan fingerprint density at radius 2 is 1.58 bits per heavy atom. The van der Waals surface area contributed by atoms with Crippen LogP contribution in [-0.4, -0.2) is 60.9 Å². The third kappa shape index (κ3) is 5.42. The number of rotatable bonds is 4. The van der Waals surface area contributed by atoms with Crippen molar-refractivity contribution in [1.82, 2.24) is 15.1 Å². The fourth-order valence-electron chi connectivity index (χ4n) is 3.59. The monoisotopic (exact) mass is 383 g/mol. The number of piperidine rings is 1. The maximum absolute atomic E-state index is 13.0. The minimum Gasteiger partial charge on any atom is -0.339 e. The molecule has 0 unspecified atom stereocenters. The number of hydrogen-bond donors (Lipinski definition) is 1. The largest absolute Gasteiger partial charge is 0.339 e. The van der Waals surface area contributed by atoms with Crippen LogP contribution in [0, 0.1) is 11.7 Å². The number of hydrogen-bond acceptors (Lipinski definition) is 3. The Kier molecular flexibility index (Phi) is 7.85. The van der Waals surface area contributed by atoms with Crippen molar-refractivity contribution in [3.05, 3.63) is 35.6 Å². The topological polar surface area (TPSA) is 52.7 Å². The fraction of sp³-hybridized carbons (Fsp3) is 0.579. The molecule has 5 nitrogen and oxygen atoms in total. The van der Waals surface area contributed by atoms with E-state index in [-0.39, 0.29) is 30.0 Å². The summed E-state index contributed by atoms with van der Waals surface area (Å²) in [5.41, 5.74) is 0.493. The average molecular weight is 384 g/mol. The number of nitrogens with zero attached hydrogens (tertiary/aromatic N) is 2. The van der Waals surface area contributed by atoms with Crippen molar-refractivity contribution in [1.29, 1.82) is 0 Å². The van der Waals surface area contributed by atoms with Gasteiger partial charge in [0.2, 0.25) is 5.91 Å². The Morgan fingerprint density at radius 3 is 2.19 bits per heavy atom. The van der Waals surface area contributed by atoms with Crippen LogP contribution in [0.1, 0.15) is 36.0 Å². The van der Waals surface area contributed by atoms with Crippen LogP contribution in [0.25, 0.3) is 0 Å². The molecule has 0 saturated carbocycles. The van der Waals surface area contributed by atoms with Crippen LogP contribution in [0.15, 0.2) is 24.3 Å². The van der Waals surface area contributed by atoms with Crippen molar-refractivity contribution in [2.24, 2.45) is 5.92 Å².